The maximum absolute atomic E-state index is 13.0. The zero-order chi connectivity index (χ0) is 20.5. The van der Waals surface area contributed by atoms with Crippen molar-refractivity contribution in [3.63, 3.8) is 0 Å². The van der Waals surface area contributed by atoms with Crippen LogP contribution in [0.15, 0.2) is 48.5 Å². The third-order valence-electron chi connectivity index (χ3n) is 4.74. The highest BCUT2D eigenvalue weighted by Crippen LogP contribution is 2.33. The maximum atomic E-state index is 13.0. The summed E-state index contributed by atoms with van der Waals surface area (Å²) in [5, 5.41) is 5.66. The summed E-state index contributed by atoms with van der Waals surface area (Å²) < 4.78 is 13.0. The van der Waals surface area contributed by atoms with Crippen LogP contribution in [0.4, 0.5) is 9.18 Å². The number of carbonyl (C=O) groups is 3. The fraction of sp³-hybridized carbons (Fsp3) is 0.250. The number of carbonyl (C=O) groups excluding carboxylic acids is 3. The number of benzene rings is 2. The Morgan fingerprint density at radius 3 is 2.50 bits per heavy atom. The molecule has 2 aromatic carbocycles. The van der Waals surface area contributed by atoms with Crippen LogP contribution < -0.4 is 10.6 Å². The SMILES string of the molecule is C[C@@H](NC(=O)CN1C(=O)N[C@](C)(c2ccccc2Cl)C1=O)c1ccc(F)cc1. The van der Waals surface area contributed by atoms with E-state index in [-0.39, 0.29) is 5.82 Å². The molecule has 1 heterocycles. The van der Waals surface area contributed by atoms with E-state index in [1.807, 2.05) is 0 Å². The number of imide groups is 1. The van der Waals surface area contributed by atoms with E-state index in [1.165, 1.54) is 12.1 Å². The summed E-state index contributed by atoms with van der Waals surface area (Å²) in [7, 11) is 0. The largest absolute Gasteiger partial charge is 0.348 e. The van der Waals surface area contributed by atoms with Gasteiger partial charge in [0.15, 0.2) is 0 Å². The van der Waals surface area contributed by atoms with Gasteiger partial charge in [-0.2, -0.15) is 0 Å². The molecule has 1 aliphatic rings. The highest BCUT2D eigenvalue weighted by Gasteiger charge is 2.50. The molecule has 1 saturated heterocycles. The molecule has 8 heteroatoms. The normalized spacial score (nSPS) is 20.1. The number of urea groups is 1. The van der Waals surface area contributed by atoms with Crippen molar-refractivity contribution in [3.8, 4) is 0 Å². The van der Waals surface area contributed by atoms with Gasteiger partial charge in [0.25, 0.3) is 5.91 Å². The van der Waals surface area contributed by atoms with Crippen LogP contribution in [-0.4, -0.2) is 29.3 Å². The molecule has 0 bridgehead atoms. The van der Waals surface area contributed by atoms with Gasteiger partial charge in [0, 0.05) is 10.6 Å². The highest BCUT2D eigenvalue weighted by atomic mass is 35.5. The van der Waals surface area contributed by atoms with Gasteiger partial charge in [-0.05, 0) is 37.6 Å². The minimum absolute atomic E-state index is 0.342. The molecule has 3 rings (SSSR count). The van der Waals surface area contributed by atoms with E-state index >= 15 is 0 Å². The van der Waals surface area contributed by atoms with Gasteiger partial charge >= 0.3 is 6.03 Å². The molecule has 0 aliphatic carbocycles. The van der Waals surface area contributed by atoms with E-state index in [0.29, 0.717) is 16.1 Å². The molecule has 0 spiro atoms. The lowest BCUT2D eigenvalue weighted by Crippen LogP contribution is -2.43. The zero-order valence-electron chi connectivity index (χ0n) is 15.3. The molecule has 0 aromatic heterocycles. The highest BCUT2D eigenvalue weighted by molar-refractivity contribution is 6.32. The van der Waals surface area contributed by atoms with Crippen molar-refractivity contribution in [2.75, 3.05) is 6.54 Å². The van der Waals surface area contributed by atoms with Gasteiger partial charge < -0.3 is 10.6 Å². The smallest absolute Gasteiger partial charge is 0.325 e. The molecule has 2 atom stereocenters. The van der Waals surface area contributed by atoms with Gasteiger partial charge in [-0.3, -0.25) is 14.5 Å². The molecule has 2 aromatic rings. The number of nitrogens with one attached hydrogen (secondary N) is 2. The number of rotatable bonds is 5. The first-order valence-corrected chi connectivity index (χ1v) is 9.04. The topological polar surface area (TPSA) is 78.5 Å². The first-order valence-electron chi connectivity index (χ1n) is 8.66. The van der Waals surface area contributed by atoms with Gasteiger partial charge in [0.2, 0.25) is 5.91 Å². The molecule has 1 aliphatic heterocycles. The average Bonchev–Trinajstić information content (AvgIpc) is 2.86. The number of hydrogen-bond donors (Lipinski definition) is 2. The van der Waals surface area contributed by atoms with E-state index in [9.17, 15) is 18.8 Å². The Morgan fingerprint density at radius 2 is 1.86 bits per heavy atom. The minimum atomic E-state index is -1.35. The first kappa shape index (κ1) is 19.8. The van der Waals surface area contributed by atoms with E-state index in [4.69, 9.17) is 11.6 Å². The molecule has 28 heavy (non-hydrogen) atoms. The van der Waals surface area contributed by atoms with Gasteiger partial charge in [0.1, 0.15) is 17.9 Å². The molecule has 146 valence electrons. The molecule has 1 fully saturated rings. The van der Waals surface area contributed by atoms with E-state index in [0.717, 1.165) is 4.90 Å². The fourth-order valence-corrected chi connectivity index (χ4v) is 3.48. The Balaban J connectivity index is 1.71. The standard InChI is InChI=1S/C20H19ClFN3O3/c1-12(13-7-9-14(22)10-8-13)23-17(26)11-25-18(27)20(2,24-19(25)28)15-5-3-4-6-16(15)21/h3-10,12H,11H2,1-2H3,(H,23,26)(H,24,28)/t12-,20-/m1/s1. The van der Waals surface area contributed by atoms with Crippen LogP contribution in [0.3, 0.4) is 0 Å². The molecule has 0 unspecified atom stereocenters. The monoisotopic (exact) mass is 403 g/mol. The van der Waals surface area contributed by atoms with Crippen molar-refractivity contribution >= 4 is 29.4 Å². The first-order chi connectivity index (χ1) is 13.2. The summed E-state index contributed by atoms with van der Waals surface area (Å²) in [5.41, 5.74) is -0.191. The number of hydrogen-bond acceptors (Lipinski definition) is 3. The number of nitrogens with zero attached hydrogens (tertiary/aromatic N) is 1. The van der Waals surface area contributed by atoms with E-state index in [2.05, 4.69) is 10.6 Å². The Labute approximate surface area is 166 Å². The summed E-state index contributed by atoms with van der Waals surface area (Å²) >= 11 is 6.18. The van der Waals surface area contributed by atoms with Crippen LogP contribution in [0, 0.1) is 5.82 Å². The van der Waals surface area contributed by atoms with Crippen molar-refractivity contribution < 1.29 is 18.8 Å². The number of amides is 4. The minimum Gasteiger partial charge on any atom is -0.348 e. The molecule has 6 nitrogen and oxygen atoms in total. The Bertz CT molecular complexity index is 935. The zero-order valence-corrected chi connectivity index (χ0v) is 16.1. The Kier molecular flexibility index (Phi) is 5.38. The molecule has 2 N–H and O–H groups in total. The quantitative estimate of drug-likeness (QED) is 0.753. The second-order valence-electron chi connectivity index (χ2n) is 6.77. The predicted octanol–water partition coefficient (Wildman–Crippen LogP) is 3.12. The van der Waals surface area contributed by atoms with Crippen LogP contribution in [-0.2, 0) is 15.1 Å². The summed E-state index contributed by atoms with van der Waals surface area (Å²) in [6, 6.07) is 11.3. The van der Waals surface area contributed by atoms with Gasteiger partial charge in [0.05, 0.1) is 6.04 Å². The fourth-order valence-electron chi connectivity index (χ4n) is 3.16. The van der Waals surface area contributed by atoms with Crippen LogP contribution in [0.5, 0.6) is 0 Å². The van der Waals surface area contributed by atoms with E-state index in [1.54, 1.807) is 50.2 Å². The number of halogens is 2. The van der Waals surface area contributed by atoms with Gasteiger partial charge in [-0.1, -0.05) is 41.9 Å². The van der Waals surface area contributed by atoms with Crippen molar-refractivity contribution in [2.45, 2.75) is 25.4 Å². The molecule has 0 saturated carbocycles. The van der Waals surface area contributed by atoms with Crippen molar-refractivity contribution in [3.05, 3.63) is 70.5 Å². The molecular formula is C20H19ClFN3O3. The third kappa shape index (κ3) is 3.71. The Hall–Kier alpha value is -2.93. The Morgan fingerprint density at radius 1 is 1.21 bits per heavy atom. The summed E-state index contributed by atoms with van der Waals surface area (Å²) in [5.74, 6) is -1.45. The van der Waals surface area contributed by atoms with Crippen molar-refractivity contribution in [2.24, 2.45) is 0 Å². The summed E-state index contributed by atoms with van der Waals surface area (Å²) in [6.45, 7) is 2.84. The van der Waals surface area contributed by atoms with Crippen molar-refractivity contribution in [1.29, 1.82) is 0 Å². The maximum Gasteiger partial charge on any atom is 0.325 e. The third-order valence-corrected chi connectivity index (χ3v) is 5.07. The molecular weight excluding hydrogens is 385 g/mol. The van der Waals surface area contributed by atoms with Crippen LogP contribution in [0.25, 0.3) is 0 Å². The molecule has 0 radical (unpaired) electrons. The van der Waals surface area contributed by atoms with Crippen LogP contribution in [0.2, 0.25) is 5.02 Å². The predicted molar refractivity (Wildman–Crippen MR) is 102 cm³/mol. The van der Waals surface area contributed by atoms with Gasteiger partial charge in [-0.25, -0.2) is 9.18 Å². The van der Waals surface area contributed by atoms with Crippen LogP contribution in [0.1, 0.15) is 31.0 Å². The van der Waals surface area contributed by atoms with Crippen molar-refractivity contribution in [1.82, 2.24) is 15.5 Å². The second kappa shape index (κ2) is 7.59. The second-order valence-corrected chi connectivity index (χ2v) is 7.17. The lowest BCUT2D eigenvalue weighted by molar-refractivity contribution is -0.135. The lowest BCUT2D eigenvalue weighted by atomic mass is 9.92. The van der Waals surface area contributed by atoms with Gasteiger partial charge in [-0.15, -0.1) is 0 Å². The van der Waals surface area contributed by atoms with Crippen LogP contribution >= 0.6 is 11.6 Å². The van der Waals surface area contributed by atoms with E-state index < -0.39 is 36.0 Å². The molecule has 4 amide bonds. The summed E-state index contributed by atoms with van der Waals surface area (Å²) in [6.07, 6.45) is 0. The average molecular weight is 404 g/mol. The summed E-state index contributed by atoms with van der Waals surface area (Å²) in [4.78, 5) is 38.5. The lowest BCUT2D eigenvalue weighted by Gasteiger charge is -2.23.